The minimum Gasteiger partial charge on any atom is -0.380 e. The molecule has 4 heteroatoms. The summed E-state index contributed by atoms with van der Waals surface area (Å²) in [6, 6.07) is 1.90. The van der Waals surface area contributed by atoms with Gasteiger partial charge in [0.1, 0.15) is 0 Å². The molecule has 0 N–H and O–H groups in total. The van der Waals surface area contributed by atoms with Gasteiger partial charge in [-0.25, -0.2) is 4.99 Å². The van der Waals surface area contributed by atoms with Gasteiger partial charge in [0.25, 0.3) is 5.91 Å². The van der Waals surface area contributed by atoms with Crippen molar-refractivity contribution in [3.63, 3.8) is 0 Å². The van der Waals surface area contributed by atoms with E-state index in [9.17, 15) is 4.79 Å². The highest BCUT2D eigenvalue weighted by Crippen LogP contribution is 2.17. The van der Waals surface area contributed by atoms with Gasteiger partial charge in [-0.3, -0.25) is 4.79 Å². The maximum Gasteiger partial charge on any atom is 0.267 e. The second kappa shape index (κ2) is 3.97. The summed E-state index contributed by atoms with van der Waals surface area (Å²) in [4.78, 5) is 14.9. The summed E-state index contributed by atoms with van der Waals surface area (Å²) in [6.07, 6.45) is 1.72. The Balaban J connectivity index is 2.94. The maximum atomic E-state index is 11.2. The second-order valence-electron chi connectivity index (χ2n) is 2.81. The first-order valence-corrected chi connectivity index (χ1v) is 3.87. The third-order valence-electron chi connectivity index (χ3n) is 1.74. The predicted octanol–water partition coefficient (Wildman–Crippen LogP) is 0.700. The first-order valence-electron chi connectivity index (χ1n) is 3.87. The molecule has 0 fully saturated rings. The third-order valence-corrected chi connectivity index (χ3v) is 1.74. The van der Waals surface area contributed by atoms with Crippen LogP contribution in [-0.2, 0) is 9.53 Å². The number of ether oxygens (including phenoxy) is 1. The highest BCUT2D eigenvalue weighted by atomic mass is 16.5. The van der Waals surface area contributed by atoms with Crippen LogP contribution in [0.3, 0.4) is 0 Å². The van der Waals surface area contributed by atoms with E-state index < -0.39 is 11.8 Å². The molecule has 1 aliphatic rings. The predicted molar refractivity (Wildman–Crippen MR) is 47.2 cm³/mol. The minimum atomic E-state index is -0.761. The largest absolute Gasteiger partial charge is 0.380 e. The van der Waals surface area contributed by atoms with E-state index in [1.807, 2.05) is 6.07 Å². The van der Waals surface area contributed by atoms with Gasteiger partial charge >= 0.3 is 0 Å². The summed E-state index contributed by atoms with van der Waals surface area (Å²) in [5, 5.41) is 8.71. The molecule has 1 heterocycles. The SMILES string of the molecule is COCC1=CC(C)=NC(=O)[C@@H]1C#N. The summed E-state index contributed by atoms with van der Waals surface area (Å²) < 4.78 is 4.88. The lowest BCUT2D eigenvalue weighted by molar-refractivity contribution is -0.119. The molecule has 0 aromatic heterocycles. The Kier molecular flexibility index (Phi) is 2.93. The first-order chi connectivity index (χ1) is 6.19. The van der Waals surface area contributed by atoms with E-state index in [1.165, 1.54) is 7.11 Å². The topological polar surface area (TPSA) is 62.4 Å². The van der Waals surface area contributed by atoms with Gasteiger partial charge in [-0.15, -0.1) is 0 Å². The van der Waals surface area contributed by atoms with Gasteiger partial charge in [0.15, 0.2) is 5.92 Å². The average molecular weight is 178 g/mol. The van der Waals surface area contributed by atoms with Crippen LogP contribution in [0.2, 0.25) is 0 Å². The lowest BCUT2D eigenvalue weighted by Crippen LogP contribution is -2.21. The Morgan fingerprint density at radius 3 is 3.00 bits per heavy atom. The quantitative estimate of drug-likeness (QED) is 0.625. The molecule has 4 nitrogen and oxygen atoms in total. The van der Waals surface area contributed by atoms with Crippen LogP contribution in [0.5, 0.6) is 0 Å². The van der Waals surface area contributed by atoms with Crippen molar-refractivity contribution in [2.24, 2.45) is 10.9 Å². The molecule has 0 aromatic carbocycles. The Hall–Kier alpha value is -1.47. The number of aliphatic imine (C=N–C) groups is 1. The van der Waals surface area contributed by atoms with Gasteiger partial charge in [0.2, 0.25) is 0 Å². The van der Waals surface area contributed by atoms with Gasteiger partial charge in [-0.05, 0) is 18.6 Å². The number of methoxy groups -OCH3 is 1. The number of rotatable bonds is 2. The summed E-state index contributed by atoms with van der Waals surface area (Å²) >= 11 is 0. The van der Waals surface area contributed by atoms with E-state index in [1.54, 1.807) is 13.0 Å². The molecule has 0 aromatic rings. The lowest BCUT2D eigenvalue weighted by atomic mass is 9.96. The Labute approximate surface area is 76.5 Å². The Bertz CT molecular complexity index is 323. The molecule has 68 valence electrons. The number of carbonyl (C=O) groups excluding carboxylic acids is 1. The fourth-order valence-electron chi connectivity index (χ4n) is 1.21. The lowest BCUT2D eigenvalue weighted by Gasteiger charge is -2.13. The molecule has 0 spiro atoms. The van der Waals surface area contributed by atoms with Crippen LogP contribution in [0.15, 0.2) is 16.6 Å². The molecule has 0 aliphatic carbocycles. The average Bonchev–Trinajstić information content (AvgIpc) is 2.04. The van der Waals surface area contributed by atoms with Crippen molar-refractivity contribution in [2.75, 3.05) is 13.7 Å². The van der Waals surface area contributed by atoms with Crippen LogP contribution in [0, 0.1) is 17.2 Å². The van der Waals surface area contributed by atoms with Gasteiger partial charge < -0.3 is 4.74 Å². The molecule has 0 saturated heterocycles. The Morgan fingerprint density at radius 1 is 1.77 bits per heavy atom. The molecule has 0 radical (unpaired) electrons. The van der Waals surface area contributed by atoms with Crippen molar-refractivity contribution < 1.29 is 9.53 Å². The van der Waals surface area contributed by atoms with E-state index >= 15 is 0 Å². The van der Waals surface area contributed by atoms with Crippen LogP contribution in [-0.4, -0.2) is 25.3 Å². The third kappa shape index (κ3) is 2.01. The maximum absolute atomic E-state index is 11.2. The molecule has 1 atom stereocenters. The van der Waals surface area contributed by atoms with Crippen LogP contribution in [0.4, 0.5) is 0 Å². The number of nitrogens with zero attached hydrogens (tertiary/aromatic N) is 2. The van der Waals surface area contributed by atoms with E-state index in [-0.39, 0.29) is 0 Å². The zero-order valence-electron chi connectivity index (χ0n) is 7.57. The van der Waals surface area contributed by atoms with Crippen molar-refractivity contribution in [2.45, 2.75) is 6.92 Å². The molecule has 0 unspecified atom stereocenters. The van der Waals surface area contributed by atoms with Crippen LogP contribution < -0.4 is 0 Å². The second-order valence-corrected chi connectivity index (χ2v) is 2.81. The van der Waals surface area contributed by atoms with E-state index in [4.69, 9.17) is 10.00 Å². The molecular weight excluding hydrogens is 168 g/mol. The normalized spacial score (nSPS) is 21.9. The summed E-state index contributed by atoms with van der Waals surface area (Å²) in [5.41, 5.74) is 1.31. The van der Waals surface area contributed by atoms with Crippen molar-refractivity contribution in [3.8, 4) is 6.07 Å². The number of allylic oxidation sites excluding steroid dienone is 1. The first kappa shape index (κ1) is 9.62. The smallest absolute Gasteiger partial charge is 0.267 e. The molecule has 1 rings (SSSR count). The van der Waals surface area contributed by atoms with Gasteiger partial charge in [0.05, 0.1) is 12.7 Å². The highest BCUT2D eigenvalue weighted by molar-refractivity contribution is 6.06. The van der Waals surface area contributed by atoms with Gasteiger partial charge in [-0.1, -0.05) is 0 Å². The molecule has 1 amide bonds. The van der Waals surface area contributed by atoms with Gasteiger partial charge in [0, 0.05) is 12.8 Å². The Morgan fingerprint density at radius 2 is 2.46 bits per heavy atom. The number of amides is 1. The number of carbonyl (C=O) groups is 1. The molecule has 13 heavy (non-hydrogen) atoms. The van der Waals surface area contributed by atoms with E-state index in [0.29, 0.717) is 17.9 Å². The highest BCUT2D eigenvalue weighted by Gasteiger charge is 2.25. The van der Waals surface area contributed by atoms with Crippen LogP contribution in [0.1, 0.15) is 6.92 Å². The van der Waals surface area contributed by atoms with E-state index in [2.05, 4.69) is 4.99 Å². The van der Waals surface area contributed by atoms with Crippen molar-refractivity contribution in [1.29, 1.82) is 5.26 Å². The fourth-order valence-corrected chi connectivity index (χ4v) is 1.21. The zero-order chi connectivity index (χ0) is 9.84. The molecule has 0 saturated carbocycles. The molecule has 1 aliphatic heterocycles. The summed E-state index contributed by atoms with van der Waals surface area (Å²) in [7, 11) is 1.53. The zero-order valence-corrected chi connectivity index (χ0v) is 7.57. The van der Waals surface area contributed by atoms with Crippen molar-refractivity contribution >= 4 is 11.6 Å². The van der Waals surface area contributed by atoms with Crippen molar-refractivity contribution in [1.82, 2.24) is 0 Å². The number of hydrogen-bond donors (Lipinski definition) is 0. The molecule has 0 bridgehead atoms. The number of dihydropyridines is 1. The summed E-state index contributed by atoms with van der Waals surface area (Å²) in [5.74, 6) is -1.15. The van der Waals surface area contributed by atoms with E-state index in [0.717, 1.165) is 0 Å². The monoisotopic (exact) mass is 178 g/mol. The summed E-state index contributed by atoms with van der Waals surface area (Å²) in [6.45, 7) is 2.03. The van der Waals surface area contributed by atoms with Gasteiger partial charge in [-0.2, -0.15) is 5.26 Å². The minimum absolute atomic E-state index is 0.302. The number of hydrogen-bond acceptors (Lipinski definition) is 3. The standard InChI is InChI=1S/C9H10N2O2/c1-6-3-7(5-13-2)8(4-10)9(12)11-6/h3,8H,5H2,1-2H3/t8-/m1/s1. The fraction of sp³-hybridized carbons (Fsp3) is 0.444. The van der Waals surface area contributed by atoms with Crippen LogP contribution in [0.25, 0.3) is 0 Å². The van der Waals surface area contributed by atoms with Crippen LogP contribution >= 0.6 is 0 Å². The van der Waals surface area contributed by atoms with Crippen molar-refractivity contribution in [3.05, 3.63) is 11.6 Å². The molecular formula is C9H10N2O2. The number of nitriles is 1.